The maximum absolute atomic E-state index is 12.2. The molecule has 0 aliphatic rings. The molecule has 0 aliphatic heterocycles. The van der Waals surface area contributed by atoms with Gasteiger partial charge in [-0.05, 0) is 11.4 Å². The molecule has 2 aromatic rings. The third-order valence-electron chi connectivity index (χ3n) is 1.66. The van der Waals surface area contributed by atoms with E-state index in [0.717, 1.165) is 11.3 Å². The predicted octanol–water partition coefficient (Wildman–Crippen LogP) is 2.69. The van der Waals surface area contributed by atoms with Gasteiger partial charge in [0.2, 0.25) is 0 Å². The normalized spacial score (nSPS) is 11.4. The van der Waals surface area contributed by atoms with Crippen LogP contribution in [0, 0.1) is 11.3 Å². The number of halogens is 3. The fraction of sp³-hybridized carbons (Fsp3) is 0.125. The molecule has 16 heavy (non-hydrogen) atoms. The minimum atomic E-state index is -4.65. The highest BCUT2D eigenvalue weighted by Crippen LogP contribution is 2.32. The smallest absolute Gasteiger partial charge is 0.333 e. The van der Waals surface area contributed by atoms with E-state index in [1.54, 1.807) is 5.38 Å². The van der Waals surface area contributed by atoms with Crippen LogP contribution < -0.4 is 0 Å². The fourth-order valence-electron chi connectivity index (χ4n) is 0.994. The molecule has 0 saturated heterocycles. The zero-order chi connectivity index (χ0) is 11.8. The Morgan fingerprint density at radius 2 is 2.19 bits per heavy atom. The number of aromatic nitrogens is 2. The molecule has 0 atom stereocenters. The average molecular weight is 245 g/mol. The highest BCUT2D eigenvalue weighted by atomic mass is 32.1. The standard InChI is InChI=1S/C8H2F3N3OS/c9-8(10,11)7-13-6(15-14-7)5-4(3-12)1-2-16-5/h1-2H. The van der Waals surface area contributed by atoms with Crippen LogP contribution in [0.2, 0.25) is 0 Å². The molecule has 82 valence electrons. The third kappa shape index (κ3) is 1.77. The maximum Gasteiger partial charge on any atom is 0.455 e. The lowest BCUT2D eigenvalue weighted by Gasteiger charge is -1.95. The van der Waals surface area contributed by atoms with E-state index in [1.165, 1.54) is 6.07 Å². The monoisotopic (exact) mass is 245 g/mol. The van der Waals surface area contributed by atoms with Crippen LogP contribution in [0.25, 0.3) is 10.8 Å². The van der Waals surface area contributed by atoms with Gasteiger partial charge >= 0.3 is 6.18 Å². The predicted molar refractivity (Wildman–Crippen MR) is 47.3 cm³/mol. The van der Waals surface area contributed by atoms with E-state index in [4.69, 9.17) is 5.26 Å². The zero-order valence-corrected chi connectivity index (χ0v) is 8.26. The maximum atomic E-state index is 12.2. The minimum absolute atomic E-state index is 0.211. The van der Waals surface area contributed by atoms with E-state index in [0.29, 0.717) is 0 Å². The average Bonchev–Trinajstić information content (AvgIpc) is 2.84. The first-order valence-corrected chi connectivity index (χ1v) is 4.79. The second-order valence-electron chi connectivity index (χ2n) is 2.70. The second-order valence-corrected chi connectivity index (χ2v) is 3.61. The number of nitrogens with zero attached hydrogens (tertiary/aromatic N) is 3. The molecule has 2 rings (SSSR count). The van der Waals surface area contributed by atoms with Crippen molar-refractivity contribution in [2.45, 2.75) is 6.18 Å². The molecule has 8 heteroatoms. The van der Waals surface area contributed by atoms with Crippen LogP contribution in [0.1, 0.15) is 11.4 Å². The lowest BCUT2D eigenvalue weighted by Crippen LogP contribution is -2.06. The van der Waals surface area contributed by atoms with Gasteiger partial charge in [0.1, 0.15) is 10.9 Å². The molecule has 0 bridgehead atoms. The molecule has 0 fully saturated rings. The number of hydrogen-bond acceptors (Lipinski definition) is 5. The van der Waals surface area contributed by atoms with Crippen LogP contribution >= 0.6 is 11.3 Å². The van der Waals surface area contributed by atoms with Crippen LogP contribution in [0.3, 0.4) is 0 Å². The van der Waals surface area contributed by atoms with Gasteiger partial charge in [0, 0.05) is 0 Å². The first-order valence-electron chi connectivity index (χ1n) is 3.91. The largest absolute Gasteiger partial charge is 0.455 e. The van der Waals surface area contributed by atoms with Gasteiger partial charge < -0.3 is 4.52 Å². The van der Waals surface area contributed by atoms with Crippen molar-refractivity contribution in [1.29, 1.82) is 5.26 Å². The van der Waals surface area contributed by atoms with Gasteiger partial charge in [-0.2, -0.15) is 23.4 Å². The van der Waals surface area contributed by atoms with E-state index in [9.17, 15) is 13.2 Å². The number of alkyl halides is 3. The fourth-order valence-corrected chi connectivity index (χ4v) is 1.76. The van der Waals surface area contributed by atoms with Crippen molar-refractivity contribution in [3.8, 4) is 16.8 Å². The van der Waals surface area contributed by atoms with Crippen molar-refractivity contribution in [1.82, 2.24) is 10.1 Å². The van der Waals surface area contributed by atoms with E-state index >= 15 is 0 Å². The van der Waals surface area contributed by atoms with Gasteiger partial charge in [-0.25, -0.2) is 0 Å². The summed E-state index contributed by atoms with van der Waals surface area (Å²) in [4.78, 5) is 3.43. The molecule has 2 aromatic heterocycles. The molecule has 0 unspecified atom stereocenters. The first-order chi connectivity index (χ1) is 7.52. The van der Waals surface area contributed by atoms with E-state index < -0.39 is 12.0 Å². The van der Waals surface area contributed by atoms with E-state index in [1.807, 2.05) is 6.07 Å². The molecular weight excluding hydrogens is 243 g/mol. The van der Waals surface area contributed by atoms with Crippen molar-refractivity contribution in [2.75, 3.05) is 0 Å². The molecule has 0 radical (unpaired) electrons. The van der Waals surface area contributed by atoms with Crippen LogP contribution in [-0.4, -0.2) is 10.1 Å². The molecule has 0 N–H and O–H groups in total. The van der Waals surface area contributed by atoms with Crippen molar-refractivity contribution >= 4 is 11.3 Å². The van der Waals surface area contributed by atoms with Crippen molar-refractivity contribution in [2.24, 2.45) is 0 Å². The second kappa shape index (κ2) is 3.61. The Bertz CT molecular complexity index is 551. The summed E-state index contributed by atoms with van der Waals surface area (Å²) in [7, 11) is 0. The zero-order valence-electron chi connectivity index (χ0n) is 7.45. The van der Waals surface area contributed by atoms with Gasteiger partial charge in [0.05, 0.1) is 5.56 Å². The summed E-state index contributed by atoms with van der Waals surface area (Å²) in [6.07, 6.45) is -4.65. The third-order valence-corrected chi connectivity index (χ3v) is 2.56. The molecule has 2 heterocycles. The Kier molecular flexibility index (Phi) is 2.40. The molecular formula is C8H2F3N3OS. The lowest BCUT2D eigenvalue weighted by molar-refractivity contribution is -0.146. The highest BCUT2D eigenvalue weighted by Gasteiger charge is 2.37. The summed E-state index contributed by atoms with van der Waals surface area (Å²) in [5.74, 6) is -1.64. The molecule has 0 spiro atoms. The Morgan fingerprint density at radius 3 is 2.75 bits per heavy atom. The summed E-state index contributed by atoms with van der Waals surface area (Å²) in [5.41, 5.74) is 0.211. The van der Waals surface area contributed by atoms with E-state index in [2.05, 4.69) is 14.7 Å². The van der Waals surface area contributed by atoms with Crippen LogP contribution in [0.15, 0.2) is 16.0 Å². The summed E-state index contributed by atoms with van der Waals surface area (Å²) < 4.78 is 41.0. The Hall–Kier alpha value is -1.88. The van der Waals surface area contributed by atoms with Crippen molar-refractivity contribution in [3.05, 3.63) is 22.8 Å². The van der Waals surface area contributed by atoms with Gasteiger partial charge in [0.25, 0.3) is 11.7 Å². The molecule has 0 aromatic carbocycles. The van der Waals surface area contributed by atoms with Gasteiger partial charge in [-0.1, -0.05) is 5.16 Å². The quantitative estimate of drug-likeness (QED) is 0.774. The number of rotatable bonds is 1. The Balaban J connectivity index is 2.44. The molecule has 0 saturated carbocycles. The Labute approximate surface area is 90.9 Å². The number of nitriles is 1. The number of hydrogen-bond donors (Lipinski definition) is 0. The summed E-state index contributed by atoms with van der Waals surface area (Å²) in [6.45, 7) is 0. The highest BCUT2D eigenvalue weighted by molar-refractivity contribution is 7.13. The SMILES string of the molecule is N#Cc1ccsc1-c1nc(C(F)(F)F)no1. The minimum Gasteiger partial charge on any atom is -0.333 e. The van der Waals surface area contributed by atoms with Crippen molar-refractivity contribution < 1.29 is 17.7 Å². The van der Waals surface area contributed by atoms with Gasteiger partial charge in [-0.15, -0.1) is 11.3 Å². The van der Waals surface area contributed by atoms with Crippen LogP contribution in [0.5, 0.6) is 0 Å². The first kappa shape index (κ1) is 10.6. The van der Waals surface area contributed by atoms with Crippen LogP contribution in [-0.2, 0) is 6.18 Å². The van der Waals surface area contributed by atoms with Crippen molar-refractivity contribution in [3.63, 3.8) is 0 Å². The van der Waals surface area contributed by atoms with Gasteiger partial charge in [-0.3, -0.25) is 0 Å². The lowest BCUT2D eigenvalue weighted by atomic mass is 10.3. The van der Waals surface area contributed by atoms with E-state index in [-0.39, 0.29) is 16.3 Å². The molecule has 0 amide bonds. The van der Waals surface area contributed by atoms with Gasteiger partial charge in [0.15, 0.2) is 0 Å². The van der Waals surface area contributed by atoms with Crippen LogP contribution in [0.4, 0.5) is 13.2 Å². The summed E-state index contributed by atoms with van der Waals surface area (Å²) >= 11 is 1.07. The Morgan fingerprint density at radius 1 is 1.44 bits per heavy atom. The summed E-state index contributed by atoms with van der Waals surface area (Å²) in [5, 5.41) is 13.0. The summed E-state index contributed by atoms with van der Waals surface area (Å²) in [6, 6.07) is 3.29. The number of thiophene rings is 1. The molecule has 4 nitrogen and oxygen atoms in total. The molecule has 0 aliphatic carbocycles. The topological polar surface area (TPSA) is 62.7 Å².